The van der Waals surface area contributed by atoms with Crippen molar-refractivity contribution in [3.8, 4) is 5.75 Å². The molecule has 0 aliphatic carbocycles. The van der Waals surface area contributed by atoms with Crippen molar-refractivity contribution in [3.63, 3.8) is 0 Å². The number of nitrogens with one attached hydrogen (secondary N) is 1. The average Bonchev–Trinajstić information content (AvgIpc) is 2.84. The molecule has 9 heteroatoms. The Balaban J connectivity index is 2.13. The fourth-order valence-corrected chi connectivity index (χ4v) is 2.67. The zero-order valence-corrected chi connectivity index (χ0v) is 14.6. The van der Waals surface area contributed by atoms with E-state index in [4.69, 9.17) is 0 Å². The molecule has 0 bridgehead atoms. The number of amides is 1. The number of benzene rings is 1. The molecule has 1 aromatic carbocycles. The first-order valence-corrected chi connectivity index (χ1v) is 7.90. The first-order valence-electron chi connectivity index (χ1n) is 6.29. The van der Waals surface area contributed by atoms with Crippen LogP contribution in [0.4, 0.5) is 0 Å². The maximum Gasteiger partial charge on any atom is 0.331 e. The molecule has 1 amide bonds. The number of aromatic hydroxyl groups is 1. The van der Waals surface area contributed by atoms with E-state index in [0.717, 1.165) is 27.9 Å². The molecule has 120 valence electrons. The number of hydrogen-bond acceptors (Lipinski definition) is 7. The molecule has 1 aromatic rings. The van der Waals surface area contributed by atoms with Gasteiger partial charge in [-0.05, 0) is 36.4 Å². The number of halogens is 1. The van der Waals surface area contributed by atoms with E-state index in [2.05, 4.69) is 36.2 Å². The maximum absolute atomic E-state index is 11.6. The molecule has 1 aliphatic rings. The number of hydrogen-bond donors (Lipinski definition) is 2. The van der Waals surface area contributed by atoms with E-state index in [0.29, 0.717) is 5.56 Å². The molecule has 0 radical (unpaired) electrons. The Morgan fingerprint density at radius 1 is 1.48 bits per heavy atom. The molecular formula is C14H12BrN3O4S. The van der Waals surface area contributed by atoms with Gasteiger partial charge in [0.15, 0.2) is 5.17 Å². The SMILES string of the molecule is COC(=O)/C=C1/S/C(=N\N=Cc2cc(Br)c(C)cc2O)NC1=O. The molecule has 0 atom stereocenters. The van der Waals surface area contributed by atoms with Crippen LogP contribution in [-0.2, 0) is 14.3 Å². The van der Waals surface area contributed by atoms with Gasteiger partial charge in [0, 0.05) is 16.1 Å². The number of amidine groups is 1. The van der Waals surface area contributed by atoms with Crippen molar-refractivity contribution in [1.29, 1.82) is 0 Å². The number of ether oxygens (including phenoxy) is 1. The highest BCUT2D eigenvalue weighted by atomic mass is 79.9. The van der Waals surface area contributed by atoms with Crippen LogP contribution < -0.4 is 5.32 Å². The summed E-state index contributed by atoms with van der Waals surface area (Å²) in [5, 5.41) is 20.2. The summed E-state index contributed by atoms with van der Waals surface area (Å²) in [6, 6.07) is 3.30. The van der Waals surface area contributed by atoms with Gasteiger partial charge in [-0.15, -0.1) is 5.10 Å². The van der Waals surface area contributed by atoms with Crippen LogP contribution in [0.5, 0.6) is 5.75 Å². The van der Waals surface area contributed by atoms with Crippen molar-refractivity contribution in [2.24, 2.45) is 10.2 Å². The normalized spacial score (nSPS) is 18.0. The lowest BCUT2D eigenvalue weighted by atomic mass is 10.1. The molecule has 0 aromatic heterocycles. The number of methoxy groups -OCH3 is 1. The molecule has 1 heterocycles. The lowest BCUT2D eigenvalue weighted by molar-refractivity contribution is -0.135. The van der Waals surface area contributed by atoms with Crippen LogP contribution in [0.2, 0.25) is 0 Å². The van der Waals surface area contributed by atoms with Crippen LogP contribution in [0, 0.1) is 6.92 Å². The van der Waals surface area contributed by atoms with Gasteiger partial charge in [-0.25, -0.2) is 4.79 Å². The highest BCUT2D eigenvalue weighted by Crippen LogP contribution is 2.25. The largest absolute Gasteiger partial charge is 0.507 e. The third-order valence-corrected chi connectivity index (χ3v) is 4.51. The van der Waals surface area contributed by atoms with E-state index in [1.54, 1.807) is 12.1 Å². The number of phenols is 1. The maximum atomic E-state index is 11.6. The summed E-state index contributed by atoms with van der Waals surface area (Å²) < 4.78 is 5.29. The minimum atomic E-state index is -0.623. The third-order valence-electron chi connectivity index (χ3n) is 2.75. The van der Waals surface area contributed by atoms with E-state index in [-0.39, 0.29) is 15.8 Å². The summed E-state index contributed by atoms with van der Waals surface area (Å²) in [6.45, 7) is 1.85. The Bertz CT molecular complexity index is 759. The molecule has 23 heavy (non-hydrogen) atoms. The third kappa shape index (κ3) is 4.42. The van der Waals surface area contributed by atoms with Gasteiger partial charge in [0.05, 0.1) is 18.2 Å². The van der Waals surface area contributed by atoms with E-state index >= 15 is 0 Å². The molecule has 0 unspecified atom stereocenters. The van der Waals surface area contributed by atoms with E-state index in [9.17, 15) is 14.7 Å². The summed E-state index contributed by atoms with van der Waals surface area (Å²) >= 11 is 4.33. The molecule has 1 fully saturated rings. The predicted octanol–water partition coefficient (Wildman–Crippen LogP) is 2.07. The van der Waals surface area contributed by atoms with Gasteiger partial charge in [-0.1, -0.05) is 15.9 Å². The summed E-state index contributed by atoms with van der Waals surface area (Å²) in [6.07, 6.45) is 2.44. The van der Waals surface area contributed by atoms with Gasteiger partial charge < -0.3 is 9.84 Å². The molecular weight excluding hydrogens is 386 g/mol. The zero-order chi connectivity index (χ0) is 17.0. The molecule has 2 N–H and O–H groups in total. The lowest BCUT2D eigenvalue weighted by Crippen LogP contribution is -2.19. The second-order valence-electron chi connectivity index (χ2n) is 4.40. The van der Waals surface area contributed by atoms with Gasteiger partial charge in [0.2, 0.25) is 0 Å². The van der Waals surface area contributed by atoms with Crippen LogP contribution in [0.1, 0.15) is 11.1 Å². The van der Waals surface area contributed by atoms with Crippen molar-refractivity contribution in [2.45, 2.75) is 6.92 Å². The molecule has 1 saturated heterocycles. The number of phenolic OH excluding ortho intramolecular Hbond substituents is 1. The van der Waals surface area contributed by atoms with Crippen LogP contribution in [-0.4, -0.2) is 35.5 Å². The van der Waals surface area contributed by atoms with Crippen LogP contribution >= 0.6 is 27.7 Å². The molecule has 7 nitrogen and oxygen atoms in total. The Labute approximate surface area is 144 Å². The Hall–Kier alpha value is -2.13. The first kappa shape index (κ1) is 17.2. The van der Waals surface area contributed by atoms with Crippen molar-refractivity contribution in [3.05, 3.63) is 38.7 Å². The number of carbonyl (C=O) groups excluding carboxylic acids is 2. The number of aryl methyl sites for hydroxylation is 1. The molecule has 1 aliphatic heterocycles. The highest BCUT2D eigenvalue weighted by molar-refractivity contribution is 9.10. The minimum absolute atomic E-state index is 0.0732. The Morgan fingerprint density at radius 2 is 2.22 bits per heavy atom. The number of carbonyl (C=O) groups is 2. The minimum Gasteiger partial charge on any atom is -0.507 e. The average molecular weight is 398 g/mol. The summed E-state index contributed by atoms with van der Waals surface area (Å²) in [4.78, 5) is 22.9. The van der Waals surface area contributed by atoms with Crippen molar-refractivity contribution >= 4 is 51.0 Å². The quantitative estimate of drug-likeness (QED) is 0.352. The van der Waals surface area contributed by atoms with Crippen molar-refractivity contribution in [1.82, 2.24) is 5.32 Å². The number of rotatable bonds is 3. The molecule has 0 spiro atoms. The van der Waals surface area contributed by atoms with Gasteiger partial charge in [0.25, 0.3) is 5.91 Å². The fraction of sp³-hybridized carbons (Fsp3) is 0.143. The predicted molar refractivity (Wildman–Crippen MR) is 91.4 cm³/mol. The Kier molecular flexibility index (Phi) is 5.56. The van der Waals surface area contributed by atoms with Gasteiger partial charge >= 0.3 is 5.97 Å². The number of nitrogens with zero attached hydrogens (tertiary/aromatic N) is 2. The van der Waals surface area contributed by atoms with Gasteiger partial charge in [0.1, 0.15) is 5.75 Å². The highest BCUT2D eigenvalue weighted by Gasteiger charge is 2.24. The van der Waals surface area contributed by atoms with Crippen LogP contribution in [0.3, 0.4) is 0 Å². The van der Waals surface area contributed by atoms with E-state index in [1.807, 2.05) is 6.92 Å². The molecule has 0 saturated carbocycles. The van der Waals surface area contributed by atoms with Crippen molar-refractivity contribution < 1.29 is 19.4 Å². The summed E-state index contributed by atoms with van der Waals surface area (Å²) in [5.74, 6) is -0.999. The smallest absolute Gasteiger partial charge is 0.331 e. The second kappa shape index (κ2) is 7.42. The lowest BCUT2D eigenvalue weighted by Gasteiger charge is -2.02. The monoisotopic (exact) mass is 397 g/mol. The second-order valence-corrected chi connectivity index (χ2v) is 6.28. The van der Waals surface area contributed by atoms with Crippen molar-refractivity contribution in [2.75, 3.05) is 7.11 Å². The van der Waals surface area contributed by atoms with E-state index < -0.39 is 11.9 Å². The fourth-order valence-electron chi connectivity index (χ4n) is 1.57. The van der Waals surface area contributed by atoms with E-state index in [1.165, 1.54) is 13.3 Å². The number of thioether (sulfide) groups is 1. The molecule has 2 rings (SSSR count). The summed E-state index contributed by atoms with van der Waals surface area (Å²) in [5.41, 5.74) is 1.37. The summed E-state index contributed by atoms with van der Waals surface area (Å²) in [7, 11) is 1.22. The van der Waals surface area contributed by atoms with Crippen LogP contribution in [0.15, 0.2) is 37.8 Å². The van der Waals surface area contributed by atoms with Crippen LogP contribution in [0.25, 0.3) is 0 Å². The number of esters is 1. The topological polar surface area (TPSA) is 100 Å². The Morgan fingerprint density at radius 3 is 2.91 bits per heavy atom. The zero-order valence-electron chi connectivity index (χ0n) is 12.2. The van der Waals surface area contributed by atoms with Gasteiger partial charge in [-0.2, -0.15) is 5.10 Å². The van der Waals surface area contributed by atoms with Gasteiger partial charge in [-0.3, -0.25) is 10.1 Å². The first-order chi connectivity index (χ1) is 10.9. The standard InChI is InChI=1S/C14H12BrN3O4S/c1-7-3-10(19)8(4-9(7)15)6-16-18-14-17-13(21)11(23-14)5-12(20)22-2/h3-6,19H,1-2H3,(H,17,18,21)/b11-5+,16-6?.